The number of hydrogen-bond acceptors (Lipinski definition) is 7. The number of piperidine rings is 1. The van der Waals surface area contributed by atoms with Gasteiger partial charge in [-0.3, -0.25) is 4.79 Å². The normalized spacial score (nSPS) is 27.4. The van der Waals surface area contributed by atoms with Crippen LogP contribution >= 0.6 is 12.2 Å². The van der Waals surface area contributed by atoms with E-state index in [9.17, 15) is 10.0 Å². The average molecular weight is 333 g/mol. The van der Waals surface area contributed by atoms with E-state index in [2.05, 4.69) is 23.1 Å². The van der Waals surface area contributed by atoms with E-state index in [1.807, 2.05) is 18.7 Å². The van der Waals surface area contributed by atoms with Crippen molar-refractivity contribution in [3.63, 3.8) is 0 Å². The SMILES string of the molecule is CC(C)N1CCC(N2CC(C)(C)C(N(O)SOO)C2=O)CC1. The quantitative estimate of drug-likeness (QED) is 0.344. The molecule has 128 valence electrons. The maximum atomic E-state index is 12.7. The van der Waals surface area contributed by atoms with Crippen LogP contribution in [0.15, 0.2) is 0 Å². The summed E-state index contributed by atoms with van der Waals surface area (Å²) in [6.07, 6.45) is 1.92. The molecule has 2 fully saturated rings. The number of amides is 1. The molecular weight excluding hydrogens is 306 g/mol. The summed E-state index contributed by atoms with van der Waals surface area (Å²) in [5, 5.41) is 18.4. The highest BCUT2D eigenvalue weighted by Crippen LogP contribution is 2.38. The largest absolute Gasteiger partial charge is 0.338 e. The lowest BCUT2D eigenvalue weighted by Crippen LogP contribution is -2.49. The lowest BCUT2D eigenvalue weighted by molar-refractivity contribution is -0.154. The van der Waals surface area contributed by atoms with E-state index in [4.69, 9.17) is 5.26 Å². The third kappa shape index (κ3) is 3.58. The molecule has 0 aliphatic carbocycles. The zero-order valence-corrected chi connectivity index (χ0v) is 14.5. The van der Waals surface area contributed by atoms with Gasteiger partial charge in [0.15, 0.2) is 0 Å². The lowest BCUT2D eigenvalue weighted by Gasteiger charge is -2.38. The second kappa shape index (κ2) is 7.02. The summed E-state index contributed by atoms with van der Waals surface area (Å²) >= 11 is 0.376. The van der Waals surface area contributed by atoms with E-state index in [0.29, 0.717) is 29.3 Å². The third-order valence-corrected chi connectivity index (χ3v) is 5.27. The molecule has 2 saturated heterocycles. The maximum absolute atomic E-state index is 12.7. The number of likely N-dealkylation sites (tertiary alicyclic amines) is 2. The maximum Gasteiger partial charge on any atom is 0.244 e. The van der Waals surface area contributed by atoms with Crippen molar-refractivity contribution in [1.29, 1.82) is 0 Å². The van der Waals surface area contributed by atoms with E-state index in [-0.39, 0.29) is 11.9 Å². The van der Waals surface area contributed by atoms with Crippen LogP contribution in [0.4, 0.5) is 0 Å². The molecule has 0 aromatic rings. The van der Waals surface area contributed by atoms with Crippen molar-refractivity contribution < 1.29 is 19.6 Å². The number of carbonyl (C=O) groups is 1. The molecule has 2 N–H and O–H groups in total. The van der Waals surface area contributed by atoms with Gasteiger partial charge in [-0.1, -0.05) is 18.3 Å². The van der Waals surface area contributed by atoms with E-state index >= 15 is 0 Å². The first-order valence-corrected chi connectivity index (χ1v) is 8.48. The fraction of sp³-hybridized carbons (Fsp3) is 0.929. The Morgan fingerprint density at radius 2 is 1.95 bits per heavy atom. The Labute approximate surface area is 136 Å². The predicted octanol–water partition coefficient (Wildman–Crippen LogP) is 1.84. The van der Waals surface area contributed by atoms with Crippen molar-refractivity contribution in [3.8, 4) is 0 Å². The highest BCUT2D eigenvalue weighted by atomic mass is 32.2. The second-order valence-electron chi connectivity index (χ2n) is 7.17. The Kier molecular flexibility index (Phi) is 5.73. The Balaban J connectivity index is 2.03. The highest BCUT2D eigenvalue weighted by Gasteiger charge is 2.52. The lowest BCUT2D eigenvalue weighted by atomic mass is 9.88. The summed E-state index contributed by atoms with van der Waals surface area (Å²) in [4.78, 5) is 17.0. The molecule has 1 unspecified atom stereocenters. The molecule has 0 aromatic carbocycles. The van der Waals surface area contributed by atoms with Crippen molar-refractivity contribution in [2.75, 3.05) is 19.6 Å². The molecule has 0 bridgehead atoms. The number of nitrogens with zero attached hydrogens (tertiary/aromatic N) is 3. The van der Waals surface area contributed by atoms with Crippen LogP contribution in [-0.4, -0.2) is 68.4 Å². The molecule has 0 spiro atoms. The summed E-state index contributed by atoms with van der Waals surface area (Å²) in [7, 11) is 0. The first-order valence-electron chi connectivity index (χ1n) is 7.78. The molecule has 2 rings (SSSR count). The van der Waals surface area contributed by atoms with Crippen LogP contribution in [0, 0.1) is 5.41 Å². The van der Waals surface area contributed by atoms with Gasteiger partial charge in [-0.05, 0) is 26.7 Å². The minimum absolute atomic E-state index is 0.0972. The number of hydrogen-bond donors (Lipinski definition) is 2. The monoisotopic (exact) mass is 333 g/mol. The molecule has 2 heterocycles. The van der Waals surface area contributed by atoms with Crippen LogP contribution in [0.2, 0.25) is 0 Å². The van der Waals surface area contributed by atoms with Crippen LogP contribution in [0.5, 0.6) is 0 Å². The molecule has 8 heteroatoms. The van der Waals surface area contributed by atoms with Gasteiger partial charge < -0.3 is 15.0 Å². The summed E-state index contributed by atoms with van der Waals surface area (Å²) in [6.45, 7) is 10.9. The van der Waals surface area contributed by atoms with Crippen molar-refractivity contribution in [1.82, 2.24) is 14.3 Å². The molecule has 22 heavy (non-hydrogen) atoms. The summed E-state index contributed by atoms with van der Waals surface area (Å²) < 4.78 is 4.61. The van der Waals surface area contributed by atoms with E-state index < -0.39 is 11.5 Å². The summed E-state index contributed by atoms with van der Waals surface area (Å²) in [6, 6.07) is 0.0402. The Morgan fingerprint density at radius 3 is 2.45 bits per heavy atom. The highest BCUT2D eigenvalue weighted by molar-refractivity contribution is 7.92. The van der Waals surface area contributed by atoms with Gasteiger partial charge in [0.2, 0.25) is 5.91 Å². The van der Waals surface area contributed by atoms with Gasteiger partial charge >= 0.3 is 0 Å². The smallest absolute Gasteiger partial charge is 0.244 e. The first-order chi connectivity index (χ1) is 10.3. The van der Waals surface area contributed by atoms with Crippen LogP contribution in [0.25, 0.3) is 0 Å². The number of rotatable bonds is 5. The minimum atomic E-state index is -0.715. The Bertz CT molecular complexity index is 400. The van der Waals surface area contributed by atoms with Crippen molar-refractivity contribution in [2.45, 2.75) is 58.7 Å². The zero-order valence-electron chi connectivity index (χ0n) is 13.7. The molecule has 0 aromatic heterocycles. The second-order valence-corrected chi connectivity index (χ2v) is 7.84. The molecule has 1 atom stereocenters. The molecular formula is C14H27N3O4S. The molecule has 0 saturated carbocycles. The van der Waals surface area contributed by atoms with Gasteiger partial charge in [-0.2, -0.15) is 0 Å². The molecule has 7 nitrogen and oxygen atoms in total. The van der Waals surface area contributed by atoms with Crippen LogP contribution in [-0.2, 0) is 9.13 Å². The fourth-order valence-electron chi connectivity index (χ4n) is 3.59. The topological polar surface area (TPSA) is 76.5 Å². The van der Waals surface area contributed by atoms with Gasteiger partial charge in [0, 0.05) is 37.1 Å². The molecule has 0 radical (unpaired) electrons. The van der Waals surface area contributed by atoms with E-state index in [1.165, 1.54) is 0 Å². The summed E-state index contributed by atoms with van der Waals surface area (Å²) in [5.41, 5.74) is -0.410. The van der Waals surface area contributed by atoms with Crippen LogP contribution in [0.1, 0.15) is 40.5 Å². The van der Waals surface area contributed by atoms with Crippen LogP contribution in [0.3, 0.4) is 0 Å². The van der Waals surface area contributed by atoms with Gasteiger partial charge in [-0.15, -0.1) is 4.33 Å². The van der Waals surface area contributed by atoms with E-state index in [1.54, 1.807) is 0 Å². The van der Waals surface area contributed by atoms with Gasteiger partial charge in [-0.25, -0.2) is 5.26 Å². The number of carbonyl (C=O) groups excluding carboxylic acids is 1. The molecule has 2 aliphatic rings. The van der Waals surface area contributed by atoms with Crippen molar-refractivity contribution in [2.24, 2.45) is 5.41 Å². The van der Waals surface area contributed by atoms with Crippen LogP contribution < -0.4 is 0 Å². The molecule has 1 amide bonds. The fourth-order valence-corrected chi connectivity index (χ4v) is 4.12. The zero-order chi connectivity index (χ0) is 16.5. The standard InChI is InChI=1S/C14H27N3O4S/c1-10(2)15-7-5-11(6-8-15)16-9-14(3,4)12(13(16)18)17(19)22-21-20/h10-12,19-20H,5-9H2,1-4H3. The first kappa shape index (κ1) is 18.0. The summed E-state index contributed by atoms with van der Waals surface area (Å²) in [5.74, 6) is -0.0972. The minimum Gasteiger partial charge on any atom is -0.338 e. The van der Waals surface area contributed by atoms with Gasteiger partial charge in [0.25, 0.3) is 0 Å². The van der Waals surface area contributed by atoms with Gasteiger partial charge in [0.05, 0.1) is 0 Å². The van der Waals surface area contributed by atoms with E-state index in [0.717, 1.165) is 25.9 Å². The van der Waals surface area contributed by atoms with Crippen molar-refractivity contribution in [3.05, 3.63) is 0 Å². The van der Waals surface area contributed by atoms with Gasteiger partial charge in [0.1, 0.15) is 18.3 Å². The Morgan fingerprint density at radius 1 is 1.36 bits per heavy atom. The molecule has 2 aliphatic heterocycles. The number of hydroxylamine groups is 1. The predicted molar refractivity (Wildman–Crippen MR) is 83.9 cm³/mol. The third-order valence-electron chi connectivity index (χ3n) is 4.84. The Hall–Kier alpha value is -0.380. The van der Waals surface area contributed by atoms with Crippen molar-refractivity contribution >= 4 is 18.1 Å². The average Bonchev–Trinajstić information content (AvgIpc) is 2.69.